The number of rotatable bonds is 10. The number of methoxy groups -OCH3 is 1. The van der Waals surface area contributed by atoms with Crippen molar-refractivity contribution in [3.05, 3.63) is 71.3 Å². The molecule has 0 fully saturated rings. The minimum atomic E-state index is -0.422. The molecule has 0 bridgehead atoms. The van der Waals surface area contributed by atoms with Crippen LogP contribution in [-0.2, 0) is 19.1 Å². The van der Waals surface area contributed by atoms with Gasteiger partial charge in [0, 0.05) is 29.7 Å². The molecule has 5 nitrogen and oxygen atoms in total. The maximum Gasteiger partial charge on any atom is 0.305 e. The van der Waals surface area contributed by atoms with Crippen molar-refractivity contribution in [2.75, 3.05) is 12.9 Å². The van der Waals surface area contributed by atoms with E-state index in [-0.39, 0.29) is 35.4 Å². The van der Waals surface area contributed by atoms with Crippen molar-refractivity contribution in [1.82, 2.24) is 0 Å². The highest BCUT2D eigenvalue weighted by Gasteiger charge is 2.22. The molecule has 2 unspecified atom stereocenters. The molecule has 6 heteroatoms. The zero-order valence-electron chi connectivity index (χ0n) is 17.4. The molecule has 2 rings (SSSR count). The lowest BCUT2D eigenvalue weighted by Gasteiger charge is -2.16. The van der Waals surface area contributed by atoms with Gasteiger partial charge in [0.2, 0.25) is 0 Å². The van der Waals surface area contributed by atoms with Crippen LogP contribution in [-0.4, -0.2) is 35.5 Å². The third-order valence-electron chi connectivity index (χ3n) is 4.76. The molecule has 2 aromatic rings. The molecular weight excluding hydrogens is 400 g/mol. The zero-order chi connectivity index (χ0) is 22.1. The molecule has 0 aliphatic heterocycles. The third kappa shape index (κ3) is 6.95. The largest absolute Gasteiger partial charge is 0.469 e. The zero-order valence-corrected chi connectivity index (χ0v) is 18.2. The first kappa shape index (κ1) is 23.5. The molecule has 0 radical (unpaired) electrons. The van der Waals surface area contributed by atoms with Crippen LogP contribution in [0.2, 0.25) is 0 Å². The van der Waals surface area contributed by atoms with Gasteiger partial charge in [0.15, 0.2) is 10.9 Å². The average Bonchev–Trinajstić information content (AvgIpc) is 2.76. The monoisotopic (exact) mass is 426 g/mol. The van der Waals surface area contributed by atoms with Crippen LogP contribution >= 0.6 is 11.8 Å². The highest BCUT2D eigenvalue weighted by molar-refractivity contribution is 8.13. The van der Waals surface area contributed by atoms with Gasteiger partial charge in [-0.2, -0.15) is 0 Å². The van der Waals surface area contributed by atoms with Gasteiger partial charge in [-0.1, -0.05) is 67.2 Å². The Labute approximate surface area is 181 Å². The van der Waals surface area contributed by atoms with Crippen molar-refractivity contribution in [2.45, 2.75) is 32.6 Å². The number of esters is 1. The predicted octanol–water partition coefficient (Wildman–Crippen LogP) is 4.44. The number of carbonyl (C=O) groups excluding carboxylic acids is 4. The van der Waals surface area contributed by atoms with Crippen molar-refractivity contribution in [3.8, 4) is 0 Å². The fourth-order valence-corrected chi connectivity index (χ4v) is 4.10. The van der Waals surface area contributed by atoms with E-state index in [2.05, 4.69) is 4.74 Å². The number of Topliss-reactive ketones (excluding diaryl/α,β-unsaturated/α-hetero) is 1. The topological polar surface area (TPSA) is 77.5 Å². The quantitative estimate of drug-likeness (QED) is 0.413. The molecule has 0 amide bonds. The van der Waals surface area contributed by atoms with Gasteiger partial charge in [-0.3, -0.25) is 14.4 Å². The molecule has 0 aromatic heterocycles. The van der Waals surface area contributed by atoms with Crippen LogP contribution in [0.3, 0.4) is 0 Å². The van der Waals surface area contributed by atoms with E-state index in [0.717, 1.165) is 17.3 Å². The molecular formula is C24H26O5S. The predicted molar refractivity (Wildman–Crippen MR) is 118 cm³/mol. The summed E-state index contributed by atoms with van der Waals surface area (Å²) in [5.41, 5.74) is 1.88. The summed E-state index contributed by atoms with van der Waals surface area (Å²) < 4.78 is 4.68. The number of ether oxygens (including phenoxy) is 1. The number of benzene rings is 2. The molecule has 158 valence electrons. The molecule has 0 aliphatic carbocycles. The maximum absolute atomic E-state index is 12.7. The van der Waals surface area contributed by atoms with E-state index in [4.69, 9.17) is 0 Å². The Kier molecular flexibility index (Phi) is 8.99. The van der Waals surface area contributed by atoms with E-state index in [9.17, 15) is 19.2 Å². The van der Waals surface area contributed by atoms with Crippen molar-refractivity contribution in [2.24, 2.45) is 5.92 Å². The average molecular weight is 427 g/mol. The number of ketones is 2. The Morgan fingerprint density at radius 1 is 0.933 bits per heavy atom. The Morgan fingerprint density at radius 2 is 1.60 bits per heavy atom. The van der Waals surface area contributed by atoms with Gasteiger partial charge in [0.05, 0.1) is 13.0 Å². The van der Waals surface area contributed by atoms with Crippen molar-refractivity contribution < 1.29 is 23.9 Å². The molecule has 0 saturated carbocycles. The summed E-state index contributed by atoms with van der Waals surface area (Å²) in [6, 6.07) is 16.1. The van der Waals surface area contributed by atoms with Gasteiger partial charge in [0.1, 0.15) is 5.78 Å². The van der Waals surface area contributed by atoms with Crippen LogP contribution in [0.25, 0.3) is 0 Å². The lowest BCUT2D eigenvalue weighted by atomic mass is 9.96. The first-order chi connectivity index (χ1) is 14.3. The summed E-state index contributed by atoms with van der Waals surface area (Å²) in [5.74, 6) is -0.826. The van der Waals surface area contributed by atoms with Crippen LogP contribution in [0.1, 0.15) is 54.1 Å². The maximum atomic E-state index is 12.7. The van der Waals surface area contributed by atoms with E-state index in [1.165, 1.54) is 14.0 Å². The second-order valence-electron chi connectivity index (χ2n) is 7.22. The third-order valence-corrected chi connectivity index (χ3v) is 6.03. The second kappa shape index (κ2) is 11.5. The van der Waals surface area contributed by atoms with Crippen molar-refractivity contribution >= 4 is 34.4 Å². The van der Waals surface area contributed by atoms with E-state index < -0.39 is 11.9 Å². The summed E-state index contributed by atoms with van der Waals surface area (Å²) in [4.78, 5) is 48.4. The summed E-state index contributed by atoms with van der Waals surface area (Å²) in [5, 5.41) is -0.0715. The van der Waals surface area contributed by atoms with Crippen LogP contribution in [0.4, 0.5) is 0 Å². The van der Waals surface area contributed by atoms with Gasteiger partial charge in [0.25, 0.3) is 0 Å². The summed E-state index contributed by atoms with van der Waals surface area (Å²) >= 11 is 1.11. The molecule has 0 heterocycles. The summed E-state index contributed by atoms with van der Waals surface area (Å²) in [7, 11) is 1.30. The Hall–Kier alpha value is -2.73. The first-order valence-electron chi connectivity index (χ1n) is 9.74. The lowest BCUT2D eigenvalue weighted by molar-refractivity contribution is -0.141. The SMILES string of the molecule is COC(=O)CC(CSC(=O)C(C)c1cccc(C(=O)c2ccccc2)c1)CC(C)=O. The number of carbonyl (C=O) groups is 4. The molecule has 30 heavy (non-hydrogen) atoms. The van der Waals surface area contributed by atoms with E-state index in [1.54, 1.807) is 37.3 Å². The Balaban J connectivity index is 2.05. The molecule has 0 saturated heterocycles. The van der Waals surface area contributed by atoms with Crippen molar-refractivity contribution in [3.63, 3.8) is 0 Å². The van der Waals surface area contributed by atoms with Crippen LogP contribution in [0, 0.1) is 5.92 Å². The molecule has 2 aromatic carbocycles. The van der Waals surface area contributed by atoms with Gasteiger partial charge in [-0.25, -0.2) is 0 Å². The molecule has 2 atom stereocenters. The van der Waals surface area contributed by atoms with Gasteiger partial charge >= 0.3 is 5.97 Å². The van der Waals surface area contributed by atoms with Crippen LogP contribution in [0.15, 0.2) is 54.6 Å². The Bertz CT molecular complexity index is 907. The highest BCUT2D eigenvalue weighted by Crippen LogP contribution is 2.27. The summed E-state index contributed by atoms with van der Waals surface area (Å²) in [6.07, 6.45) is 0.330. The van der Waals surface area contributed by atoms with Gasteiger partial charge in [-0.15, -0.1) is 0 Å². The lowest BCUT2D eigenvalue weighted by Crippen LogP contribution is -2.17. The number of hydrogen-bond donors (Lipinski definition) is 0. The first-order valence-corrected chi connectivity index (χ1v) is 10.7. The summed E-state index contributed by atoms with van der Waals surface area (Å²) in [6.45, 7) is 3.26. The van der Waals surface area contributed by atoms with Gasteiger partial charge < -0.3 is 9.53 Å². The molecule has 0 spiro atoms. The fourth-order valence-electron chi connectivity index (χ4n) is 3.08. The van der Waals surface area contributed by atoms with Crippen LogP contribution in [0.5, 0.6) is 0 Å². The normalized spacial score (nSPS) is 12.6. The minimum Gasteiger partial charge on any atom is -0.469 e. The second-order valence-corrected chi connectivity index (χ2v) is 8.25. The van der Waals surface area contributed by atoms with Gasteiger partial charge in [-0.05, 0) is 24.5 Å². The number of thioether (sulfide) groups is 1. The highest BCUT2D eigenvalue weighted by atomic mass is 32.2. The van der Waals surface area contributed by atoms with Crippen molar-refractivity contribution in [1.29, 1.82) is 0 Å². The standard InChI is InChI=1S/C24H26O5S/c1-16(25)12-18(13-22(26)29-3)15-30-24(28)17(2)20-10-7-11-21(14-20)23(27)19-8-5-4-6-9-19/h4-11,14,17-18H,12-13,15H2,1-3H3. The molecule has 0 aliphatic rings. The van der Waals surface area contributed by atoms with E-state index >= 15 is 0 Å². The van der Waals surface area contributed by atoms with E-state index in [1.807, 2.05) is 24.3 Å². The minimum absolute atomic E-state index is 0.0304. The fraction of sp³-hybridized carbons (Fsp3) is 0.333. The number of hydrogen-bond acceptors (Lipinski definition) is 6. The Morgan fingerprint density at radius 3 is 2.23 bits per heavy atom. The smallest absolute Gasteiger partial charge is 0.305 e. The molecule has 0 N–H and O–H groups in total. The van der Waals surface area contributed by atoms with Crippen LogP contribution < -0.4 is 0 Å². The van der Waals surface area contributed by atoms with E-state index in [0.29, 0.717) is 16.9 Å².